The van der Waals surface area contributed by atoms with Crippen LogP contribution in [0.25, 0.3) is 0 Å². The van der Waals surface area contributed by atoms with Gasteiger partial charge in [0.05, 0.1) is 0 Å². The molecule has 0 aliphatic heterocycles. The van der Waals surface area contributed by atoms with E-state index in [9.17, 15) is 4.39 Å². The van der Waals surface area contributed by atoms with Gasteiger partial charge in [-0.15, -0.1) is 0 Å². The van der Waals surface area contributed by atoms with Gasteiger partial charge < -0.3 is 0 Å². The van der Waals surface area contributed by atoms with E-state index in [0.29, 0.717) is 5.92 Å². The fourth-order valence-electron chi connectivity index (χ4n) is 2.86. The predicted molar refractivity (Wildman–Crippen MR) is 90.5 cm³/mol. The van der Waals surface area contributed by atoms with Crippen molar-refractivity contribution in [2.24, 2.45) is 5.92 Å². The summed E-state index contributed by atoms with van der Waals surface area (Å²) in [4.78, 5) is 4.74. The molecule has 0 spiro atoms. The van der Waals surface area contributed by atoms with Gasteiger partial charge in [0.25, 0.3) is 0 Å². The Labute approximate surface area is 133 Å². The highest BCUT2D eigenvalue weighted by molar-refractivity contribution is 5.27. The minimum absolute atomic E-state index is 0.118. The number of halogens is 1. The summed E-state index contributed by atoms with van der Waals surface area (Å²) in [6.07, 6.45) is 2.98. The minimum Gasteiger partial charge on any atom is -0.258 e. The second-order valence-electron chi connectivity index (χ2n) is 6.68. The highest BCUT2D eigenvalue weighted by atomic mass is 19.1. The lowest BCUT2D eigenvalue weighted by atomic mass is 9.72. The maximum Gasteiger partial charge on any atom is 0.126 e. The van der Waals surface area contributed by atoms with Crippen LogP contribution in [0.15, 0.2) is 42.5 Å². The summed E-state index contributed by atoms with van der Waals surface area (Å²) in [6, 6.07) is 13.3. The highest BCUT2D eigenvalue weighted by Gasteiger charge is 2.30. The van der Waals surface area contributed by atoms with Crippen LogP contribution in [0, 0.1) is 11.7 Å². The molecule has 1 unspecified atom stereocenters. The summed E-state index contributed by atoms with van der Waals surface area (Å²) in [7, 11) is 0. The summed E-state index contributed by atoms with van der Waals surface area (Å²) >= 11 is 0. The molecule has 118 valence electrons. The molecule has 1 nitrogen and oxygen atoms in total. The van der Waals surface area contributed by atoms with E-state index in [0.717, 1.165) is 36.2 Å². The first kappa shape index (κ1) is 16.7. The third kappa shape index (κ3) is 3.73. The molecule has 0 saturated carbocycles. The molecule has 0 amide bonds. The van der Waals surface area contributed by atoms with Gasteiger partial charge in [-0.25, -0.2) is 4.39 Å². The van der Waals surface area contributed by atoms with Crippen LogP contribution in [0.5, 0.6) is 0 Å². The van der Waals surface area contributed by atoms with Gasteiger partial charge in [0.2, 0.25) is 0 Å². The van der Waals surface area contributed by atoms with Crippen molar-refractivity contribution in [3.05, 3.63) is 65.2 Å². The quantitative estimate of drug-likeness (QED) is 0.702. The Morgan fingerprint density at radius 2 is 1.73 bits per heavy atom. The number of rotatable bonds is 6. The molecule has 0 aliphatic carbocycles. The van der Waals surface area contributed by atoms with Gasteiger partial charge in [0, 0.05) is 11.4 Å². The summed E-state index contributed by atoms with van der Waals surface area (Å²) < 4.78 is 14.1. The lowest BCUT2D eigenvalue weighted by Crippen LogP contribution is -2.29. The van der Waals surface area contributed by atoms with E-state index in [1.165, 1.54) is 0 Å². The number of pyridine rings is 1. The molecule has 2 rings (SSSR count). The van der Waals surface area contributed by atoms with Crippen molar-refractivity contribution >= 4 is 0 Å². The maximum absolute atomic E-state index is 14.1. The van der Waals surface area contributed by atoms with Gasteiger partial charge in [0.15, 0.2) is 0 Å². The molecule has 2 heteroatoms. The lowest BCUT2D eigenvalue weighted by Gasteiger charge is -2.32. The van der Waals surface area contributed by atoms with Crippen LogP contribution in [0.1, 0.15) is 51.1 Å². The van der Waals surface area contributed by atoms with Crippen molar-refractivity contribution in [3.63, 3.8) is 0 Å². The lowest BCUT2D eigenvalue weighted by molar-refractivity contribution is 0.327. The molecule has 1 heterocycles. The molecule has 0 N–H and O–H groups in total. The number of aromatic nitrogens is 1. The van der Waals surface area contributed by atoms with E-state index in [-0.39, 0.29) is 11.2 Å². The predicted octanol–water partition coefficient (Wildman–Crippen LogP) is 5.33. The first-order valence-electron chi connectivity index (χ1n) is 8.15. The number of benzene rings is 1. The van der Waals surface area contributed by atoms with Crippen LogP contribution in [0.3, 0.4) is 0 Å². The van der Waals surface area contributed by atoms with E-state index in [1.807, 2.05) is 12.1 Å². The van der Waals surface area contributed by atoms with Gasteiger partial charge in [0.1, 0.15) is 5.82 Å². The van der Waals surface area contributed by atoms with Crippen LogP contribution in [-0.2, 0) is 18.3 Å². The van der Waals surface area contributed by atoms with Crippen LogP contribution in [0.2, 0.25) is 0 Å². The zero-order valence-corrected chi connectivity index (χ0v) is 14.1. The largest absolute Gasteiger partial charge is 0.258 e. The van der Waals surface area contributed by atoms with Crippen LogP contribution >= 0.6 is 0 Å². The molecule has 1 aromatic heterocycles. The van der Waals surface area contributed by atoms with Gasteiger partial charge in [-0.3, -0.25) is 4.98 Å². The zero-order valence-electron chi connectivity index (χ0n) is 14.1. The normalized spacial score (nSPS) is 13.1. The maximum atomic E-state index is 14.1. The van der Waals surface area contributed by atoms with Gasteiger partial charge in [-0.1, -0.05) is 58.4 Å². The minimum atomic E-state index is -0.228. The fraction of sp³-hybridized carbons (Fsp3) is 0.450. The van der Waals surface area contributed by atoms with Crippen molar-refractivity contribution in [2.45, 2.75) is 52.4 Å². The molecule has 1 aromatic carbocycles. The van der Waals surface area contributed by atoms with Crippen molar-refractivity contribution in [3.8, 4) is 0 Å². The first-order valence-corrected chi connectivity index (χ1v) is 8.15. The third-order valence-corrected chi connectivity index (χ3v) is 4.69. The Balaban J connectivity index is 2.19. The second-order valence-corrected chi connectivity index (χ2v) is 6.68. The zero-order chi connectivity index (χ0) is 16.2. The van der Waals surface area contributed by atoms with E-state index in [2.05, 4.69) is 45.9 Å². The van der Waals surface area contributed by atoms with Crippen molar-refractivity contribution in [1.82, 2.24) is 4.98 Å². The molecule has 1 atom stereocenters. The standard InChI is InChI=1S/C20H26FN/c1-5-9-16-10-8-11-17(22-16)14-15(2)20(3,4)18-12-6-7-13-19(18)21/h6-8,10-13,15H,5,9,14H2,1-4H3. The molecule has 0 radical (unpaired) electrons. The summed E-state index contributed by atoms with van der Waals surface area (Å²) in [6.45, 7) is 8.58. The number of hydrogen-bond acceptors (Lipinski definition) is 1. The summed E-state index contributed by atoms with van der Waals surface area (Å²) in [5.74, 6) is 0.181. The molecular weight excluding hydrogens is 273 g/mol. The molecular formula is C20H26FN. The average molecular weight is 299 g/mol. The Bertz CT molecular complexity index is 619. The highest BCUT2D eigenvalue weighted by Crippen LogP contribution is 2.34. The van der Waals surface area contributed by atoms with Crippen molar-refractivity contribution < 1.29 is 4.39 Å². The van der Waals surface area contributed by atoms with Gasteiger partial charge in [-0.05, 0) is 47.9 Å². The molecule has 0 saturated heterocycles. The van der Waals surface area contributed by atoms with E-state index < -0.39 is 0 Å². The summed E-state index contributed by atoms with van der Waals surface area (Å²) in [5, 5.41) is 0. The second kappa shape index (κ2) is 7.04. The SMILES string of the molecule is CCCc1cccc(CC(C)C(C)(C)c2ccccc2F)n1. The first-order chi connectivity index (χ1) is 10.4. The van der Waals surface area contributed by atoms with E-state index >= 15 is 0 Å². The number of hydrogen-bond donors (Lipinski definition) is 0. The van der Waals surface area contributed by atoms with Crippen LogP contribution in [-0.4, -0.2) is 4.98 Å². The molecule has 0 bridgehead atoms. The van der Waals surface area contributed by atoms with Gasteiger partial charge in [-0.2, -0.15) is 0 Å². The topological polar surface area (TPSA) is 12.9 Å². The number of aryl methyl sites for hydroxylation is 1. The molecule has 0 fully saturated rings. The summed E-state index contributed by atoms with van der Waals surface area (Å²) in [5.41, 5.74) is 2.80. The molecule has 0 aliphatic rings. The van der Waals surface area contributed by atoms with Crippen molar-refractivity contribution in [2.75, 3.05) is 0 Å². The Morgan fingerprint density at radius 1 is 1.05 bits per heavy atom. The Hall–Kier alpha value is -1.70. The fourth-order valence-corrected chi connectivity index (χ4v) is 2.86. The molecule has 22 heavy (non-hydrogen) atoms. The average Bonchev–Trinajstić information content (AvgIpc) is 2.48. The van der Waals surface area contributed by atoms with Gasteiger partial charge >= 0.3 is 0 Å². The number of nitrogens with zero attached hydrogens (tertiary/aromatic N) is 1. The smallest absolute Gasteiger partial charge is 0.126 e. The third-order valence-electron chi connectivity index (χ3n) is 4.69. The molecule has 2 aromatic rings. The van der Waals surface area contributed by atoms with E-state index in [1.54, 1.807) is 12.1 Å². The van der Waals surface area contributed by atoms with Crippen LogP contribution < -0.4 is 0 Å². The van der Waals surface area contributed by atoms with E-state index in [4.69, 9.17) is 4.98 Å². The Kier molecular flexibility index (Phi) is 5.33. The monoisotopic (exact) mass is 299 g/mol. The Morgan fingerprint density at radius 3 is 2.41 bits per heavy atom. The van der Waals surface area contributed by atoms with Crippen molar-refractivity contribution in [1.29, 1.82) is 0 Å². The van der Waals surface area contributed by atoms with Crippen LogP contribution in [0.4, 0.5) is 4.39 Å².